The molecule has 0 saturated heterocycles. The number of hydrogen-bond acceptors (Lipinski definition) is 4. The molecule has 0 bridgehead atoms. The van der Waals surface area contributed by atoms with Crippen molar-refractivity contribution >= 4 is 40.4 Å². The number of halogens is 2. The van der Waals surface area contributed by atoms with Gasteiger partial charge in [-0.05, 0) is 0 Å². The van der Waals surface area contributed by atoms with Crippen molar-refractivity contribution in [3.05, 3.63) is 35.7 Å². The zero-order valence-corrected chi connectivity index (χ0v) is 12.7. The predicted molar refractivity (Wildman–Crippen MR) is 84.2 cm³/mol. The number of allylic oxidation sites excluding steroid dienone is 4. The van der Waals surface area contributed by atoms with Gasteiger partial charge < -0.3 is 5.11 Å². The molecule has 6 heteroatoms. The highest BCUT2D eigenvalue weighted by Crippen LogP contribution is 2.37. The Bertz CT molecular complexity index is 632. The number of aliphatic imine (C=N–C) groups is 2. The highest BCUT2D eigenvalue weighted by Gasteiger charge is 2.42. The first-order valence-corrected chi connectivity index (χ1v) is 7.79. The smallest absolute Gasteiger partial charge is 0.190 e. The van der Waals surface area contributed by atoms with Crippen LogP contribution >= 0.6 is 23.2 Å². The number of hydrogen-bond donors (Lipinski definition) is 1. The number of nitrogens with zero attached hydrogens (tertiary/aromatic N) is 2. The van der Waals surface area contributed by atoms with Crippen LogP contribution in [0.4, 0.5) is 0 Å². The van der Waals surface area contributed by atoms with Crippen LogP contribution in [0.3, 0.4) is 0 Å². The molecule has 0 amide bonds. The Hall–Kier alpha value is -1.23. The van der Waals surface area contributed by atoms with Crippen LogP contribution in [-0.2, 0) is 4.79 Å². The average molecular weight is 325 g/mol. The monoisotopic (exact) mass is 324 g/mol. The second-order valence-corrected chi connectivity index (χ2v) is 5.75. The molecule has 1 N–H and O–H groups in total. The number of carbonyl (C=O) groups is 1. The lowest BCUT2D eigenvalue weighted by Gasteiger charge is -2.32. The van der Waals surface area contributed by atoms with Crippen molar-refractivity contribution in [2.45, 2.75) is 12.5 Å². The summed E-state index contributed by atoms with van der Waals surface area (Å²) < 4.78 is 0. The number of ketones is 1. The lowest BCUT2D eigenvalue weighted by atomic mass is 9.75. The van der Waals surface area contributed by atoms with Gasteiger partial charge in [-0.15, -0.1) is 23.2 Å². The Morgan fingerprint density at radius 2 is 1.81 bits per heavy atom. The molecule has 21 heavy (non-hydrogen) atoms. The molecule has 0 spiro atoms. The van der Waals surface area contributed by atoms with Crippen molar-refractivity contribution in [2.75, 3.05) is 11.8 Å². The van der Waals surface area contributed by atoms with E-state index in [0.29, 0.717) is 23.5 Å². The molecule has 0 fully saturated rings. The second kappa shape index (κ2) is 5.87. The summed E-state index contributed by atoms with van der Waals surface area (Å²) in [5, 5.41) is 10.6. The average Bonchev–Trinajstić information content (AvgIpc) is 2.72. The van der Waals surface area contributed by atoms with Crippen molar-refractivity contribution < 1.29 is 9.90 Å². The van der Waals surface area contributed by atoms with Gasteiger partial charge >= 0.3 is 0 Å². The Morgan fingerprint density at radius 3 is 2.52 bits per heavy atom. The van der Waals surface area contributed by atoms with Crippen LogP contribution in [0.25, 0.3) is 0 Å². The van der Waals surface area contributed by atoms with Crippen molar-refractivity contribution in [2.24, 2.45) is 21.8 Å². The molecule has 0 aromatic heterocycles. The number of carbonyl (C=O) groups excluding carboxylic acids is 1. The summed E-state index contributed by atoms with van der Waals surface area (Å²) in [5.74, 6) is -0.383. The van der Waals surface area contributed by atoms with E-state index in [9.17, 15) is 9.90 Å². The predicted octanol–water partition coefficient (Wildman–Crippen LogP) is 2.26. The van der Waals surface area contributed by atoms with E-state index in [1.807, 2.05) is 18.2 Å². The summed E-state index contributed by atoms with van der Waals surface area (Å²) in [6, 6.07) is 0. The van der Waals surface area contributed by atoms with Gasteiger partial charge in [-0.3, -0.25) is 14.8 Å². The topological polar surface area (TPSA) is 62.0 Å². The SMILES string of the molecule is O=C1C2=C(N=C(CCl)CC(CCl)=N2)C(O)C2C=CC=CC12. The summed E-state index contributed by atoms with van der Waals surface area (Å²) in [6.45, 7) is 0. The summed E-state index contributed by atoms with van der Waals surface area (Å²) >= 11 is 11.8. The van der Waals surface area contributed by atoms with Gasteiger partial charge in [0, 0.05) is 23.8 Å². The minimum absolute atomic E-state index is 0.122. The molecule has 0 aromatic rings. The van der Waals surface area contributed by atoms with Crippen LogP contribution in [0.5, 0.6) is 0 Å². The van der Waals surface area contributed by atoms with E-state index in [-0.39, 0.29) is 29.2 Å². The molecule has 0 saturated carbocycles. The van der Waals surface area contributed by atoms with Crippen LogP contribution in [-0.4, -0.2) is 40.2 Å². The molecule has 0 aromatic carbocycles. The molecule has 4 nitrogen and oxygen atoms in total. The molecule has 3 aliphatic rings. The summed E-state index contributed by atoms with van der Waals surface area (Å²) in [4.78, 5) is 21.4. The quantitative estimate of drug-likeness (QED) is 0.792. The Balaban J connectivity index is 2.15. The zero-order chi connectivity index (χ0) is 15.0. The molecular weight excluding hydrogens is 311 g/mol. The fraction of sp³-hybridized carbons (Fsp3) is 0.400. The number of Topliss-reactive ketones (excluding diaryl/α,β-unsaturated/α-hetero) is 1. The lowest BCUT2D eigenvalue weighted by molar-refractivity contribution is -0.120. The summed E-state index contributed by atoms with van der Waals surface area (Å²) in [5.41, 5.74) is 1.86. The number of aliphatic hydroxyl groups is 1. The molecular formula is C15H14Cl2N2O2. The van der Waals surface area contributed by atoms with Gasteiger partial charge in [-0.2, -0.15) is 0 Å². The van der Waals surface area contributed by atoms with Gasteiger partial charge in [0.15, 0.2) is 5.78 Å². The number of alkyl halides is 2. The number of aliphatic hydroxyl groups excluding tert-OH is 1. The number of rotatable bonds is 2. The maximum absolute atomic E-state index is 12.6. The Labute approximate surface area is 132 Å². The van der Waals surface area contributed by atoms with Crippen LogP contribution in [0.1, 0.15) is 6.42 Å². The van der Waals surface area contributed by atoms with Crippen LogP contribution in [0.15, 0.2) is 45.7 Å². The molecule has 1 heterocycles. The van der Waals surface area contributed by atoms with Crippen LogP contribution in [0.2, 0.25) is 0 Å². The highest BCUT2D eigenvalue weighted by atomic mass is 35.5. The van der Waals surface area contributed by atoms with E-state index >= 15 is 0 Å². The normalized spacial score (nSPS) is 31.4. The molecule has 3 rings (SSSR count). The van der Waals surface area contributed by atoms with Crippen molar-refractivity contribution in [3.8, 4) is 0 Å². The maximum atomic E-state index is 12.6. The molecule has 1 aliphatic heterocycles. The molecule has 3 atom stereocenters. The third-order valence-electron chi connectivity index (χ3n) is 3.87. The van der Waals surface area contributed by atoms with Crippen LogP contribution in [0, 0.1) is 11.8 Å². The van der Waals surface area contributed by atoms with E-state index < -0.39 is 12.0 Å². The van der Waals surface area contributed by atoms with Gasteiger partial charge in [0.2, 0.25) is 0 Å². The van der Waals surface area contributed by atoms with Gasteiger partial charge in [0.05, 0.1) is 23.4 Å². The van der Waals surface area contributed by atoms with Crippen LogP contribution < -0.4 is 0 Å². The molecule has 0 radical (unpaired) electrons. The maximum Gasteiger partial charge on any atom is 0.190 e. The lowest BCUT2D eigenvalue weighted by Crippen LogP contribution is -2.39. The molecule has 2 aliphatic carbocycles. The van der Waals surface area contributed by atoms with Gasteiger partial charge in [0.1, 0.15) is 11.8 Å². The van der Waals surface area contributed by atoms with Gasteiger partial charge in [-0.25, -0.2) is 0 Å². The molecule has 110 valence electrons. The van der Waals surface area contributed by atoms with E-state index in [0.717, 1.165) is 0 Å². The third-order valence-corrected chi connectivity index (χ3v) is 4.48. The summed E-state index contributed by atoms with van der Waals surface area (Å²) in [6.07, 6.45) is 6.85. The fourth-order valence-corrected chi connectivity index (χ4v) is 3.13. The Morgan fingerprint density at radius 1 is 1.14 bits per heavy atom. The Kier molecular flexibility index (Phi) is 4.11. The van der Waals surface area contributed by atoms with E-state index in [4.69, 9.17) is 23.2 Å². The van der Waals surface area contributed by atoms with Gasteiger partial charge in [-0.1, -0.05) is 24.3 Å². The first-order valence-electron chi connectivity index (χ1n) is 6.72. The van der Waals surface area contributed by atoms with E-state index in [1.165, 1.54) is 0 Å². The third kappa shape index (κ3) is 2.52. The van der Waals surface area contributed by atoms with Crippen molar-refractivity contribution in [1.29, 1.82) is 0 Å². The summed E-state index contributed by atoms with van der Waals surface area (Å²) in [7, 11) is 0. The first-order chi connectivity index (χ1) is 10.2. The second-order valence-electron chi connectivity index (χ2n) is 5.22. The minimum atomic E-state index is -0.861. The standard InChI is InChI=1S/C15H14Cl2N2O2/c16-6-8-5-9(7-17)19-13-12(18-8)14(20)10-3-1-2-4-11(10)15(13)21/h1-4,10-11,14,20H,5-7H2. The minimum Gasteiger partial charge on any atom is -0.386 e. The molecule has 3 unspecified atom stereocenters. The van der Waals surface area contributed by atoms with E-state index in [2.05, 4.69) is 9.98 Å². The van der Waals surface area contributed by atoms with E-state index in [1.54, 1.807) is 6.08 Å². The largest absolute Gasteiger partial charge is 0.386 e. The first kappa shape index (κ1) is 14.7. The van der Waals surface area contributed by atoms with Crippen molar-refractivity contribution in [1.82, 2.24) is 0 Å². The fourth-order valence-electron chi connectivity index (χ4n) is 2.82. The van der Waals surface area contributed by atoms with Gasteiger partial charge in [0.25, 0.3) is 0 Å². The highest BCUT2D eigenvalue weighted by molar-refractivity contribution is 6.35. The zero-order valence-electron chi connectivity index (χ0n) is 11.2. The number of fused-ring (bicyclic) bond motifs is 1. The van der Waals surface area contributed by atoms with Crippen molar-refractivity contribution in [3.63, 3.8) is 0 Å².